The molecule has 0 spiro atoms. The second-order valence-corrected chi connectivity index (χ2v) is 4.68. The number of pyridine rings is 1. The molecule has 0 aliphatic carbocycles. The summed E-state index contributed by atoms with van der Waals surface area (Å²) < 4.78 is 10.8. The standard InChI is InChI=1S/C14H24N2O2/c1-6-18-9-13(10(2)3)16-12-7-11(4)15-8-14(12)17-5/h7-8,10,13H,6,9H2,1-5H3,(H,15,16). The van der Waals surface area contributed by atoms with Gasteiger partial charge in [0, 0.05) is 12.3 Å². The van der Waals surface area contributed by atoms with Crippen molar-refractivity contribution >= 4 is 5.69 Å². The highest BCUT2D eigenvalue weighted by atomic mass is 16.5. The summed E-state index contributed by atoms with van der Waals surface area (Å²) in [6.07, 6.45) is 1.75. The normalized spacial score (nSPS) is 12.6. The highest BCUT2D eigenvalue weighted by molar-refractivity contribution is 5.56. The Bertz CT molecular complexity index is 367. The summed E-state index contributed by atoms with van der Waals surface area (Å²) >= 11 is 0. The lowest BCUT2D eigenvalue weighted by molar-refractivity contribution is 0.126. The number of aromatic nitrogens is 1. The summed E-state index contributed by atoms with van der Waals surface area (Å²) in [6.45, 7) is 9.76. The number of nitrogens with zero attached hydrogens (tertiary/aromatic N) is 1. The summed E-state index contributed by atoms with van der Waals surface area (Å²) in [5, 5.41) is 3.48. The molecular formula is C14H24N2O2. The maximum atomic E-state index is 5.51. The van der Waals surface area contributed by atoms with Gasteiger partial charge in [-0.25, -0.2) is 0 Å². The fraction of sp³-hybridized carbons (Fsp3) is 0.643. The van der Waals surface area contributed by atoms with Crippen molar-refractivity contribution in [1.29, 1.82) is 0 Å². The van der Waals surface area contributed by atoms with Crippen LogP contribution in [-0.4, -0.2) is 31.3 Å². The van der Waals surface area contributed by atoms with Gasteiger partial charge in [-0.3, -0.25) is 4.98 Å². The van der Waals surface area contributed by atoms with Gasteiger partial charge in [-0.15, -0.1) is 0 Å². The molecule has 0 saturated carbocycles. The average Bonchev–Trinajstić information content (AvgIpc) is 2.34. The first-order valence-electron chi connectivity index (χ1n) is 6.43. The molecule has 0 bridgehead atoms. The molecule has 1 N–H and O–H groups in total. The molecule has 0 aromatic carbocycles. The largest absolute Gasteiger partial charge is 0.493 e. The Morgan fingerprint density at radius 3 is 2.67 bits per heavy atom. The molecule has 18 heavy (non-hydrogen) atoms. The molecule has 1 atom stereocenters. The highest BCUT2D eigenvalue weighted by Gasteiger charge is 2.15. The molecule has 1 aromatic heterocycles. The van der Waals surface area contributed by atoms with Gasteiger partial charge in [0.15, 0.2) is 5.75 Å². The minimum absolute atomic E-state index is 0.264. The summed E-state index contributed by atoms with van der Waals surface area (Å²) in [5.74, 6) is 1.25. The Morgan fingerprint density at radius 2 is 2.11 bits per heavy atom. The lowest BCUT2D eigenvalue weighted by atomic mass is 10.0. The van der Waals surface area contributed by atoms with E-state index in [1.54, 1.807) is 13.3 Å². The first kappa shape index (κ1) is 14.8. The molecule has 4 heteroatoms. The van der Waals surface area contributed by atoms with Crippen molar-refractivity contribution in [1.82, 2.24) is 4.98 Å². The second-order valence-electron chi connectivity index (χ2n) is 4.68. The zero-order chi connectivity index (χ0) is 13.5. The number of hydrogen-bond donors (Lipinski definition) is 1. The molecule has 0 fully saturated rings. The van der Waals surface area contributed by atoms with Crippen LogP contribution in [0.15, 0.2) is 12.3 Å². The molecular weight excluding hydrogens is 228 g/mol. The quantitative estimate of drug-likeness (QED) is 0.810. The summed E-state index contributed by atoms with van der Waals surface area (Å²) in [5.41, 5.74) is 1.95. The number of ether oxygens (including phenoxy) is 2. The van der Waals surface area contributed by atoms with Crippen molar-refractivity contribution in [3.8, 4) is 5.75 Å². The van der Waals surface area contributed by atoms with Crippen LogP contribution >= 0.6 is 0 Å². The minimum Gasteiger partial charge on any atom is -0.493 e. The zero-order valence-electron chi connectivity index (χ0n) is 12.0. The number of hydrogen-bond acceptors (Lipinski definition) is 4. The van der Waals surface area contributed by atoms with Crippen molar-refractivity contribution in [2.75, 3.05) is 25.6 Å². The molecule has 0 aliphatic heterocycles. The zero-order valence-corrected chi connectivity index (χ0v) is 12.0. The summed E-state index contributed by atoms with van der Waals surface area (Å²) in [7, 11) is 1.66. The predicted molar refractivity (Wildman–Crippen MR) is 74.3 cm³/mol. The number of aryl methyl sites for hydroxylation is 1. The van der Waals surface area contributed by atoms with Gasteiger partial charge in [-0.1, -0.05) is 13.8 Å². The molecule has 1 aromatic rings. The van der Waals surface area contributed by atoms with Gasteiger partial charge in [0.05, 0.1) is 31.6 Å². The van der Waals surface area contributed by atoms with Crippen LogP contribution in [0.25, 0.3) is 0 Å². The number of anilines is 1. The van der Waals surface area contributed by atoms with Gasteiger partial charge in [0.1, 0.15) is 0 Å². The van der Waals surface area contributed by atoms with Crippen molar-refractivity contribution in [3.05, 3.63) is 18.0 Å². The third-order valence-corrected chi connectivity index (χ3v) is 2.87. The molecule has 1 unspecified atom stereocenters. The van der Waals surface area contributed by atoms with Crippen LogP contribution in [0, 0.1) is 12.8 Å². The molecule has 102 valence electrons. The SMILES string of the molecule is CCOCC(Nc1cc(C)ncc1OC)C(C)C. The Hall–Kier alpha value is -1.29. The van der Waals surface area contributed by atoms with E-state index >= 15 is 0 Å². The lowest BCUT2D eigenvalue weighted by Crippen LogP contribution is -2.31. The fourth-order valence-electron chi connectivity index (χ4n) is 1.67. The topological polar surface area (TPSA) is 43.4 Å². The van der Waals surface area contributed by atoms with Crippen molar-refractivity contribution in [2.24, 2.45) is 5.92 Å². The minimum atomic E-state index is 0.264. The summed E-state index contributed by atoms with van der Waals surface area (Å²) in [4.78, 5) is 4.23. The average molecular weight is 252 g/mol. The van der Waals surface area contributed by atoms with E-state index in [1.165, 1.54) is 0 Å². The van der Waals surface area contributed by atoms with E-state index in [4.69, 9.17) is 9.47 Å². The van der Waals surface area contributed by atoms with Crippen LogP contribution in [0.1, 0.15) is 26.5 Å². The first-order valence-corrected chi connectivity index (χ1v) is 6.43. The van der Waals surface area contributed by atoms with Crippen molar-refractivity contribution in [2.45, 2.75) is 33.7 Å². The third kappa shape index (κ3) is 4.18. The van der Waals surface area contributed by atoms with E-state index in [0.717, 1.165) is 23.7 Å². The first-order chi connectivity index (χ1) is 8.58. The Balaban J connectivity index is 2.81. The molecule has 0 amide bonds. The third-order valence-electron chi connectivity index (χ3n) is 2.87. The maximum absolute atomic E-state index is 5.51. The van der Waals surface area contributed by atoms with Gasteiger partial charge in [0.2, 0.25) is 0 Å². The van der Waals surface area contributed by atoms with Gasteiger partial charge in [0.25, 0.3) is 0 Å². The smallest absolute Gasteiger partial charge is 0.160 e. The molecule has 1 heterocycles. The van der Waals surface area contributed by atoms with Gasteiger partial charge < -0.3 is 14.8 Å². The molecule has 0 saturated heterocycles. The second kappa shape index (κ2) is 7.21. The fourth-order valence-corrected chi connectivity index (χ4v) is 1.67. The van der Waals surface area contributed by atoms with Crippen LogP contribution in [0.4, 0.5) is 5.69 Å². The molecule has 4 nitrogen and oxygen atoms in total. The van der Waals surface area contributed by atoms with Gasteiger partial charge in [-0.2, -0.15) is 0 Å². The van der Waals surface area contributed by atoms with Crippen LogP contribution in [-0.2, 0) is 4.74 Å². The van der Waals surface area contributed by atoms with Crippen LogP contribution in [0.3, 0.4) is 0 Å². The highest BCUT2D eigenvalue weighted by Crippen LogP contribution is 2.25. The summed E-state index contributed by atoms with van der Waals surface area (Å²) in [6, 6.07) is 2.26. The van der Waals surface area contributed by atoms with E-state index in [1.807, 2.05) is 19.9 Å². The van der Waals surface area contributed by atoms with Crippen molar-refractivity contribution in [3.63, 3.8) is 0 Å². The van der Waals surface area contributed by atoms with Crippen LogP contribution in [0.5, 0.6) is 5.75 Å². The Labute approximate surface area is 110 Å². The molecule has 1 rings (SSSR count). The van der Waals surface area contributed by atoms with Crippen molar-refractivity contribution < 1.29 is 9.47 Å². The van der Waals surface area contributed by atoms with Crippen LogP contribution in [0.2, 0.25) is 0 Å². The Morgan fingerprint density at radius 1 is 1.39 bits per heavy atom. The van der Waals surface area contributed by atoms with E-state index < -0.39 is 0 Å². The molecule has 0 aliphatic rings. The van der Waals surface area contributed by atoms with E-state index in [-0.39, 0.29) is 6.04 Å². The van der Waals surface area contributed by atoms with Gasteiger partial charge in [-0.05, 0) is 25.8 Å². The number of methoxy groups -OCH3 is 1. The van der Waals surface area contributed by atoms with E-state index in [0.29, 0.717) is 12.5 Å². The maximum Gasteiger partial charge on any atom is 0.160 e. The predicted octanol–water partition coefficient (Wildman–Crippen LogP) is 2.87. The van der Waals surface area contributed by atoms with E-state index in [9.17, 15) is 0 Å². The lowest BCUT2D eigenvalue weighted by Gasteiger charge is -2.24. The van der Waals surface area contributed by atoms with E-state index in [2.05, 4.69) is 24.1 Å². The monoisotopic (exact) mass is 252 g/mol. The molecule has 0 radical (unpaired) electrons. The van der Waals surface area contributed by atoms with Gasteiger partial charge >= 0.3 is 0 Å². The van der Waals surface area contributed by atoms with Crippen LogP contribution < -0.4 is 10.1 Å². The Kier molecular flexibility index (Phi) is 5.92. The number of nitrogens with one attached hydrogen (secondary N) is 1. The number of rotatable bonds is 7.